The highest BCUT2D eigenvalue weighted by molar-refractivity contribution is 5.81. The van der Waals surface area contributed by atoms with E-state index in [4.69, 9.17) is 0 Å². The van der Waals surface area contributed by atoms with E-state index in [1.807, 2.05) is 4.90 Å². The predicted molar refractivity (Wildman–Crippen MR) is 93.0 cm³/mol. The summed E-state index contributed by atoms with van der Waals surface area (Å²) in [7, 11) is 0. The highest BCUT2D eigenvalue weighted by atomic mass is 16.3. The maximum atomic E-state index is 12.4. The van der Waals surface area contributed by atoms with Gasteiger partial charge in [-0.25, -0.2) is 0 Å². The zero-order chi connectivity index (χ0) is 16.1. The van der Waals surface area contributed by atoms with Crippen LogP contribution in [-0.4, -0.2) is 35.1 Å². The van der Waals surface area contributed by atoms with E-state index in [9.17, 15) is 9.90 Å². The third kappa shape index (κ3) is 4.94. The number of rotatable bonds is 7. The molecule has 2 unspecified atom stereocenters. The molecule has 0 aromatic rings. The summed E-state index contributed by atoms with van der Waals surface area (Å²) < 4.78 is 0. The fraction of sp³-hybridized carbons (Fsp3) is 0.750. The van der Waals surface area contributed by atoms with Crippen molar-refractivity contribution in [2.24, 2.45) is 11.8 Å². The smallest absolute Gasteiger partial charge is 0.225 e. The number of nitrogens with zero attached hydrogens (tertiary/aromatic N) is 1. The Morgan fingerprint density at radius 2 is 2.00 bits per heavy atom. The van der Waals surface area contributed by atoms with Gasteiger partial charge in [0.2, 0.25) is 5.91 Å². The molecule has 1 heterocycles. The molecule has 0 bridgehead atoms. The molecule has 0 radical (unpaired) electrons. The van der Waals surface area contributed by atoms with Gasteiger partial charge in [-0.05, 0) is 57.3 Å². The first-order chi connectivity index (χ1) is 11.2. The molecule has 2 atom stereocenters. The van der Waals surface area contributed by atoms with E-state index in [1.165, 1.54) is 50.5 Å². The van der Waals surface area contributed by atoms with Crippen LogP contribution in [0.3, 0.4) is 0 Å². The van der Waals surface area contributed by atoms with Gasteiger partial charge in [-0.15, -0.1) is 0 Å². The molecule has 3 aliphatic rings. The standard InChI is InChI=1S/C20H31NO2/c22-18-11-13-21(14-12-18)20(23)19-15-17(19)10-6-2-5-9-16-7-3-1-4-8-16/h3,7-8,17-19,22H,1-2,4-6,9-15H2. The molecule has 23 heavy (non-hydrogen) atoms. The van der Waals surface area contributed by atoms with Gasteiger partial charge in [-0.3, -0.25) is 4.79 Å². The Labute approximate surface area is 140 Å². The monoisotopic (exact) mass is 317 g/mol. The van der Waals surface area contributed by atoms with Gasteiger partial charge in [0.1, 0.15) is 0 Å². The number of hydrogen-bond donors (Lipinski definition) is 1. The van der Waals surface area contributed by atoms with Gasteiger partial charge in [0.05, 0.1) is 6.10 Å². The van der Waals surface area contributed by atoms with Gasteiger partial charge in [0.25, 0.3) is 0 Å². The zero-order valence-electron chi connectivity index (χ0n) is 14.3. The van der Waals surface area contributed by atoms with E-state index in [2.05, 4.69) is 18.2 Å². The third-order valence-corrected chi connectivity index (χ3v) is 5.63. The Kier molecular flexibility index (Phi) is 5.93. The van der Waals surface area contributed by atoms with Gasteiger partial charge < -0.3 is 10.0 Å². The minimum absolute atomic E-state index is 0.192. The first-order valence-electron chi connectivity index (χ1n) is 9.56. The van der Waals surface area contributed by atoms with E-state index in [-0.39, 0.29) is 6.10 Å². The largest absolute Gasteiger partial charge is 0.393 e. The molecule has 1 N–H and O–H groups in total. The fourth-order valence-electron chi connectivity index (χ4n) is 3.96. The van der Waals surface area contributed by atoms with Gasteiger partial charge in [0, 0.05) is 19.0 Å². The van der Waals surface area contributed by atoms with Crippen LogP contribution >= 0.6 is 0 Å². The molecule has 2 fully saturated rings. The van der Waals surface area contributed by atoms with Crippen LogP contribution in [0.25, 0.3) is 0 Å². The molecule has 0 aromatic heterocycles. The summed E-state index contributed by atoms with van der Waals surface area (Å²) in [5.74, 6) is 1.30. The van der Waals surface area contributed by atoms with E-state index in [0.717, 1.165) is 32.4 Å². The number of amides is 1. The molecule has 1 saturated carbocycles. The van der Waals surface area contributed by atoms with Crippen molar-refractivity contribution in [3.05, 3.63) is 23.8 Å². The van der Waals surface area contributed by atoms with Gasteiger partial charge in [0.15, 0.2) is 0 Å². The summed E-state index contributed by atoms with van der Waals surface area (Å²) in [5, 5.41) is 9.53. The summed E-state index contributed by atoms with van der Waals surface area (Å²) in [5.41, 5.74) is 1.52. The van der Waals surface area contributed by atoms with E-state index in [1.54, 1.807) is 0 Å². The summed E-state index contributed by atoms with van der Waals surface area (Å²) in [4.78, 5) is 14.4. The predicted octanol–water partition coefficient (Wildman–Crippen LogP) is 3.83. The topological polar surface area (TPSA) is 40.5 Å². The highest BCUT2D eigenvalue weighted by Crippen LogP contribution is 2.44. The lowest BCUT2D eigenvalue weighted by molar-refractivity contribution is -0.134. The second-order valence-electron chi connectivity index (χ2n) is 7.52. The molecule has 1 amide bonds. The molecule has 1 saturated heterocycles. The average Bonchev–Trinajstić information content (AvgIpc) is 3.35. The molecule has 3 rings (SSSR count). The molecule has 3 heteroatoms. The second-order valence-corrected chi connectivity index (χ2v) is 7.52. The van der Waals surface area contributed by atoms with E-state index < -0.39 is 0 Å². The number of allylic oxidation sites excluding steroid dienone is 4. The SMILES string of the molecule is O=C(C1CC1CCCCCC1=CCCC=C1)N1CCC(O)CC1. The van der Waals surface area contributed by atoms with E-state index >= 15 is 0 Å². The van der Waals surface area contributed by atoms with Crippen LogP contribution in [0.1, 0.15) is 64.2 Å². The van der Waals surface area contributed by atoms with Gasteiger partial charge >= 0.3 is 0 Å². The minimum Gasteiger partial charge on any atom is -0.393 e. The number of hydrogen-bond acceptors (Lipinski definition) is 2. The van der Waals surface area contributed by atoms with Crippen molar-refractivity contribution >= 4 is 5.91 Å². The van der Waals surface area contributed by atoms with Gasteiger partial charge in [-0.1, -0.05) is 36.6 Å². The summed E-state index contributed by atoms with van der Waals surface area (Å²) in [6.45, 7) is 1.51. The number of piperidine rings is 1. The lowest BCUT2D eigenvalue weighted by Gasteiger charge is -2.29. The lowest BCUT2D eigenvalue weighted by atomic mass is 10.00. The van der Waals surface area contributed by atoms with Crippen LogP contribution in [-0.2, 0) is 4.79 Å². The molecular weight excluding hydrogens is 286 g/mol. The lowest BCUT2D eigenvalue weighted by Crippen LogP contribution is -2.41. The van der Waals surface area contributed by atoms with Crippen LogP contribution in [0.5, 0.6) is 0 Å². The van der Waals surface area contributed by atoms with Crippen molar-refractivity contribution in [2.45, 2.75) is 70.3 Å². The van der Waals surface area contributed by atoms with Crippen LogP contribution in [0.2, 0.25) is 0 Å². The van der Waals surface area contributed by atoms with Crippen molar-refractivity contribution in [2.75, 3.05) is 13.1 Å². The second kappa shape index (κ2) is 8.14. The molecular formula is C20H31NO2. The van der Waals surface area contributed by atoms with Crippen molar-refractivity contribution in [1.82, 2.24) is 4.90 Å². The maximum Gasteiger partial charge on any atom is 0.225 e. The number of likely N-dealkylation sites (tertiary alicyclic amines) is 1. The first kappa shape index (κ1) is 16.8. The number of aliphatic hydroxyl groups excluding tert-OH is 1. The Morgan fingerprint density at radius 3 is 2.74 bits per heavy atom. The third-order valence-electron chi connectivity index (χ3n) is 5.63. The quantitative estimate of drug-likeness (QED) is 0.725. The van der Waals surface area contributed by atoms with Crippen molar-refractivity contribution < 1.29 is 9.90 Å². The summed E-state index contributed by atoms with van der Waals surface area (Å²) in [6, 6.07) is 0. The fourth-order valence-corrected chi connectivity index (χ4v) is 3.96. The Balaban J connectivity index is 1.26. The van der Waals surface area contributed by atoms with Gasteiger partial charge in [-0.2, -0.15) is 0 Å². The summed E-state index contributed by atoms with van der Waals surface area (Å²) >= 11 is 0. The number of unbranched alkanes of at least 4 members (excludes halogenated alkanes) is 2. The Hall–Kier alpha value is -1.09. The number of carbonyl (C=O) groups is 1. The van der Waals surface area contributed by atoms with Crippen LogP contribution in [0.15, 0.2) is 23.8 Å². The molecule has 1 aliphatic heterocycles. The average molecular weight is 317 g/mol. The maximum absolute atomic E-state index is 12.4. The number of carbonyl (C=O) groups excluding carboxylic acids is 1. The number of aliphatic hydroxyl groups is 1. The molecule has 0 aromatic carbocycles. The Morgan fingerprint density at radius 1 is 1.17 bits per heavy atom. The minimum atomic E-state index is -0.192. The molecule has 0 spiro atoms. The molecule has 128 valence electrons. The van der Waals surface area contributed by atoms with Crippen LogP contribution in [0.4, 0.5) is 0 Å². The van der Waals surface area contributed by atoms with Crippen molar-refractivity contribution in [1.29, 1.82) is 0 Å². The highest BCUT2D eigenvalue weighted by Gasteiger charge is 2.44. The first-order valence-corrected chi connectivity index (χ1v) is 9.56. The molecule has 3 nitrogen and oxygen atoms in total. The molecule has 2 aliphatic carbocycles. The van der Waals surface area contributed by atoms with Crippen LogP contribution < -0.4 is 0 Å². The Bertz CT molecular complexity index is 460. The normalized spacial score (nSPS) is 27.9. The van der Waals surface area contributed by atoms with E-state index in [0.29, 0.717) is 17.7 Å². The van der Waals surface area contributed by atoms with Crippen molar-refractivity contribution in [3.63, 3.8) is 0 Å². The summed E-state index contributed by atoms with van der Waals surface area (Å²) in [6.07, 6.45) is 18.1. The van der Waals surface area contributed by atoms with Crippen molar-refractivity contribution in [3.8, 4) is 0 Å². The van der Waals surface area contributed by atoms with Crippen LogP contribution in [0, 0.1) is 11.8 Å². The zero-order valence-corrected chi connectivity index (χ0v) is 14.3.